The monoisotopic (exact) mass is 327 g/mol. The predicted molar refractivity (Wildman–Crippen MR) is 98.4 cm³/mol. The minimum atomic E-state index is 0.294. The Balaban J connectivity index is 2.20. The van der Waals surface area contributed by atoms with Crippen molar-refractivity contribution in [3.63, 3.8) is 0 Å². The van der Waals surface area contributed by atoms with Crippen LogP contribution in [0.1, 0.15) is 35.8 Å². The maximum absolute atomic E-state index is 8.30. The van der Waals surface area contributed by atoms with Gasteiger partial charge in [0.25, 0.3) is 0 Å². The molecular weight excluding hydrogens is 306 g/mol. The van der Waals surface area contributed by atoms with Crippen LogP contribution >= 0.6 is 11.3 Å². The van der Waals surface area contributed by atoms with E-state index in [1.807, 2.05) is 12.2 Å². The molecular formula is C17H21N5S. The fraction of sp³-hybridized carbons (Fsp3) is 0.353. The summed E-state index contributed by atoms with van der Waals surface area (Å²) in [5, 5.41) is 17.3. The molecule has 0 saturated carbocycles. The molecule has 0 unspecified atom stereocenters. The van der Waals surface area contributed by atoms with Crippen LogP contribution < -0.4 is 10.6 Å². The number of thiophene rings is 1. The number of aliphatic imine (C=N–C) groups is 1. The second kappa shape index (κ2) is 5.77. The second-order valence-electron chi connectivity index (χ2n) is 5.93. The van der Waals surface area contributed by atoms with Gasteiger partial charge in [-0.2, -0.15) is 0 Å². The van der Waals surface area contributed by atoms with E-state index in [1.165, 1.54) is 16.0 Å². The molecule has 0 amide bonds. The highest BCUT2D eigenvalue weighted by Crippen LogP contribution is 2.39. The molecule has 4 N–H and O–H groups in total. The van der Waals surface area contributed by atoms with Crippen LogP contribution in [0.25, 0.3) is 0 Å². The Labute approximate surface area is 140 Å². The number of aryl methyl sites for hydroxylation is 1. The highest BCUT2D eigenvalue weighted by atomic mass is 32.1. The van der Waals surface area contributed by atoms with Gasteiger partial charge in [-0.05, 0) is 50.8 Å². The molecule has 23 heavy (non-hydrogen) atoms. The Morgan fingerprint density at radius 1 is 1.30 bits per heavy atom. The number of hydrogen-bond acceptors (Lipinski definition) is 5. The van der Waals surface area contributed by atoms with Crippen LogP contribution in [-0.4, -0.2) is 23.9 Å². The van der Waals surface area contributed by atoms with E-state index in [-0.39, 0.29) is 0 Å². The van der Waals surface area contributed by atoms with Crippen molar-refractivity contribution >= 4 is 33.7 Å². The van der Waals surface area contributed by atoms with E-state index in [1.54, 1.807) is 23.2 Å². The molecule has 1 aromatic rings. The van der Waals surface area contributed by atoms with Crippen molar-refractivity contribution < 1.29 is 0 Å². The van der Waals surface area contributed by atoms with Crippen LogP contribution in [0.5, 0.6) is 0 Å². The third-order valence-corrected chi connectivity index (χ3v) is 5.48. The summed E-state index contributed by atoms with van der Waals surface area (Å²) in [6, 6.07) is 0. The number of nitrogens with one attached hydrogen (secondary N) is 2. The molecule has 0 radical (unpaired) electrons. The van der Waals surface area contributed by atoms with Gasteiger partial charge in [0, 0.05) is 16.1 Å². The smallest absolute Gasteiger partial charge is 0.129 e. The third kappa shape index (κ3) is 2.63. The Hall–Kier alpha value is -2.21. The SMILES string of the molecule is CC(=N)N1C(=N)CN=C(C2=CC=C(N)CC2)c2c1sc(C)c2C. The van der Waals surface area contributed by atoms with Crippen LogP contribution in [0.2, 0.25) is 0 Å². The second-order valence-corrected chi connectivity index (χ2v) is 7.13. The van der Waals surface area contributed by atoms with E-state index in [0.717, 1.165) is 34.8 Å². The molecule has 5 nitrogen and oxygen atoms in total. The fourth-order valence-electron chi connectivity index (χ4n) is 2.94. The van der Waals surface area contributed by atoms with E-state index in [9.17, 15) is 0 Å². The number of amidine groups is 2. The summed E-state index contributed by atoms with van der Waals surface area (Å²) in [7, 11) is 0. The first-order chi connectivity index (χ1) is 10.9. The standard InChI is InChI=1S/C17H21N5S/c1-9-10(2)23-17-15(9)16(12-4-6-13(19)7-5-12)21-8-14(20)22(17)11(3)18/h4,6,18,20H,5,7-8,19H2,1-3H3. The van der Waals surface area contributed by atoms with Gasteiger partial charge in [0.2, 0.25) is 0 Å². The Kier molecular flexibility index (Phi) is 3.93. The van der Waals surface area contributed by atoms with Crippen LogP contribution in [0, 0.1) is 24.7 Å². The molecule has 6 heteroatoms. The summed E-state index contributed by atoms with van der Waals surface area (Å²) in [4.78, 5) is 7.64. The summed E-state index contributed by atoms with van der Waals surface area (Å²) < 4.78 is 0. The molecule has 120 valence electrons. The normalized spacial score (nSPS) is 18.0. The van der Waals surface area contributed by atoms with E-state index in [0.29, 0.717) is 18.2 Å². The van der Waals surface area contributed by atoms with Crippen LogP contribution in [0.15, 0.2) is 28.4 Å². The van der Waals surface area contributed by atoms with Gasteiger partial charge in [0.05, 0.1) is 12.3 Å². The molecule has 0 aromatic carbocycles. The minimum absolute atomic E-state index is 0.294. The summed E-state index contributed by atoms with van der Waals surface area (Å²) in [5.41, 5.74) is 11.2. The van der Waals surface area contributed by atoms with Crippen molar-refractivity contribution in [2.45, 2.75) is 33.6 Å². The van der Waals surface area contributed by atoms with E-state index in [2.05, 4.69) is 13.8 Å². The summed E-state index contributed by atoms with van der Waals surface area (Å²) in [5.74, 6) is 0.706. The molecule has 0 bridgehead atoms. The first kappa shape index (κ1) is 15.7. The Morgan fingerprint density at radius 2 is 2.04 bits per heavy atom. The average molecular weight is 327 g/mol. The van der Waals surface area contributed by atoms with Gasteiger partial charge in [-0.25, -0.2) is 0 Å². The van der Waals surface area contributed by atoms with Gasteiger partial charge >= 0.3 is 0 Å². The molecule has 1 aromatic heterocycles. The van der Waals surface area contributed by atoms with Gasteiger partial charge in [0.1, 0.15) is 16.7 Å². The first-order valence-corrected chi connectivity index (χ1v) is 8.45. The van der Waals surface area contributed by atoms with Crippen molar-refractivity contribution in [1.29, 1.82) is 10.8 Å². The minimum Gasteiger partial charge on any atom is -0.402 e. The van der Waals surface area contributed by atoms with Gasteiger partial charge < -0.3 is 5.73 Å². The van der Waals surface area contributed by atoms with Crippen LogP contribution in [0.3, 0.4) is 0 Å². The number of nitrogens with zero attached hydrogens (tertiary/aromatic N) is 2. The van der Waals surface area contributed by atoms with Crippen molar-refractivity contribution in [1.82, 2.24) is 0 Å². The number of rotatable bonds is 1. The van der Waals surface area contributed by atoms with Crippen molar-refractivity contribution in [2.75, 3.05) is 11.4 Å². The lowest BCUT2D eigenvalue weighted by Gasteiger charge is -2.21. The largest absolute Gasteiger partial charge is 0.402 e. The summed E-state index contributed by atoms with van der Waals surface area (Å²) in [6.07, 6.45) is 5.70. The zero-order chi connectivity index (χ0) is 16.7. The lowest BCUT2D eigenvalue weighted by Crippen LogP contribution is -2.35. The third-order valence-electron chi connectivity index (χ3n) is 4.28. The van der Waals surface area contributed by atoms with E-state index < -0.39 is 0 Å². The Bertz CT molecular complexity index is 794. The van der Waals surface area contributed by atoms with Gasteiger partial charge in [0.15, 0.2) is 0 Å². The highest BCUT2D eigenvalue weighted by molar-refractivity contribution is 7.17. The number of nitrogens with two attached hydrogens (primary N) is 1. The molecule has 3 rings (SSSR count). The number of hydrogen-bond donors (Lipinski definition) is 3. The molecule has 0 atom stereocenters. The van der Waals surface area contributed by atoms with E-state index >= 15 is 0 Å². The molecule has 1 aliphatic heterocycles. The number of allylic oxidation sites excluding steroid dienone is 4. The van der Waals surface area contributed by atoms with Crippen molar-refractivity contribution in [3.8, 4) is 0 Å². The fourth-order valence-corrected chi connectivity index (χ4v) is 4.17. The van der Waals surface area contributed by atoms with Crippen molar-refractivity contribution in [3.05, 3.63) is 39.4 Å². The topological polar surface area (TPSA) is 89.3 Å². The first-order valence-electron chi connectivity index (χ1n) is 7.63. The lowest BCUT2D eigenvalue weighted by molar-refractivity contribution is 0.920. The molecule has 0 fully saturated rings. The maximum atomic E-state index is 8.30. The van der Waals surface area contributed by atoms with Gasteiger partial charge in [-0.3, -0.25) is 20.7 Å². The number of fused-ring (bicyclic) bond motifs is 1. The lowest BCUT2D eigenvalue weighted by atomic mass is 9.93. The quantitative estimate of drug-likeness (QED) is 0.544. The number of anilines is 1. The summed E-state index contributed by atoms with van der Waals surface area (Å²) in [6.45, 7) is 6.19. The molecule has 2 heterocycles. The van der Waals surface area contributed by atoms with E-state index in [4.69, 9.17) is 21.5 Å². The average Bonchev–Trinajstić information content (AvgIpc) is 2.68. The molecule has 1 aliphatic carbocycles. The highest BCUT2D eigenvalue weighted by Gasteiger charge is 2.29. The maximum Gasteiger partial charge on any atom is 0.129 e. The van der Waals surface area contributed by atoms with Crippen LogP contribution in [-0.2, 0) is 0 Å². The molecule has 0 saturated heterocycles. The zero-order valence-corrected chi connectivity index (χ0v) is 14.5. The Morgan fingerprint density at radius 3 is 2.65 bits per heavy atom. The predicted octanol–water partition coefficient (Wildman–Crippen LogP) is 3.51. The molecule has 2 aliphatic rings. The summed E-state index contributed by atoms with van der Waals surface area (Å²) >= 11 is 1.63. The van der Waals surface area contributed by atoms with Gasteiger partial charge in [-0.1, -0.05) is 6.08 Å². The van der Waals surface area contributed by atoms with Crippen LogP contribution in [0.4, 0.5) is 5.00 Å². The van der Waals surface area contributed by atoms with Gasteiger partial charge in [-0.15, -0.1) is 11.3 Å². The molecule has 0 spiro atoms. The van der Waals surface area contributed by atoms with Crippen molar-refractivity contribution in [2.24, 2.45) is 10.7 Å². The zero-order valence-electron chi connectivity index (χ0n) is 13.7.